The molecule has 4 rings (SSSR count). The molecular formula is C21H18ClFN4O3. The number of halogens is 2. The van der Waals surface area contributed by atoms with E-state index in [1.807, 2.05) is 0 Å². The third-order valence-corrected chi connectivity index (χ3v) is 5.26. The fourth-order valence-corrected chi connectivity index (χ4v) is 3.53. The van der Waals surface area contributed by atoms with Crippen LogP contribution in [0, 0.1) is 12.7 Å². The Morgan fingerprint density at radius 2 is 2.03 bits per heavy atom. The summed E-state index contributed by atoms with van der Waals surface area (Å²) in [4.78, 5) is 25.3. The van der Waals surface area contributed by atoms with Gasteiger partial charge >= 0.3 is 0 Å². The average molecular weight is 429 g/mol. The Labute approximate surface area is 176 Å². The van der Waals surface area contributed by atoms with Crippen molar-refractivity contribution < 1.29 is 18.7 Å². The molecule has 2 N–H and O–H groups in total. The molecule has 9 heteroatoms. The Balaban J connectivity index is 1.69. The van der Waals surface area contributed by atoms with E-state index < -0.39 is 11.9 Å². The number of aromatic nitrogens is 2. The molecule has 2 heterocycles. The number of carbonyl (C=O) groups excluding carboxylic acids is 2. The molecule has 0 fully saturated rings. The van der Waals surface area contributed by atoms with E-state index in [4.69, 9.17) is 16.3 Å². The van der Waals surface area contributed by atoms with Crippen LogP contribution in [0.5, 0.6) is 5.75 Å². The summed E-state index contributed by atoms with van der Waals surface area (Å²) in [5.41, 5.74) is 2.30. The van der Waals surface area contributed by atoms with E-state index in [1.165, 1.54) is 23.9 Å². The number of amides is 2. The fraction of sp³-hybridized carbons (Fsp3) is 0.190. The minimum atomic E-state index is -0.871. The highest BCUT2D eigenvalue weighted by Crippen LogP contribution is 2.35. The molecule has 0 spiro atoms. The van der Waals surface area contributed by atoms with Crippen molar-refractivity contribution in [3.8, 4) is 17.0 Å². The van der Waals surface area contributed by atoms with E-state index in [0.29, 0.717) is 39.1 Å². The predicted octanol–water partition coefficient (Wildman–Crippen LogP) is 4.18. The second kappa shape index (κ2) is 7.79. The molecule has 0 saturated heterocycles. The van der Waals surface area contributed by atoms with Gasteiger partial charge in [0.25, 0.3) is 0 Å². The minimum absolute atomic E-state index is 0.0790. The van der Waals surface area contributed by atoms with Crippen molar-refractivity contribution in [3.63, 3.8) is 0 Å². The number of nitrogens with one attached hydrogen (secondary N) is 2. The SMILES string of the molecule is COc1ccc(Cl)c(NC(=O)C2CC(=O)Nc3c(C)c(-c4ccc(F)cc4)nn32)c1. The van der Waals surface area contributed by atoms with Gasteiger partial charge in [-0.15, -0.1) is 0 Å². The van der Waals surface area contributed by atoms with Gasteiger partial charge in [0, 0.05) is 17.2 Å². The van der Waals surface area contributed by atoms with Gasteiger partial charge in [0.1, 0.15) is 23.4 Å². The lowest BCUT2D eigenvalue weighted by Gasteiger charge is -2.24. The summed E-state index contributed by atoms with van der Waals surface area (Å²) in [6.07, 6.45) is -0.0790. The molecule has 154 valence electrons. The number of hydrogen-bond donors (Lipinski definition) is 2. The van der Waals surface area contributed by atoms with Crippen molar-refractivity contribution in [2.24, 2.45) is 0 Å². The minimum Gasteiger partial charge on any atom is -0.497 e. The van der Waals surface area contributed by atoms with Gasteiger partial charge in [-0.05, 0) is 43.3 Å². The van der Waals surface area contributed by atoms with E-state index in [1.54, 1.807) is 37.3 Å². The van der Waals surface area contributed by atoms with Crippen molar-refractivity contribution in [2.75, 3.05) is 17.7 Å². The van der Waals surface area contributed by atoms with Gasteiger partial charge in [-0.2, -0.15) is 5.10 Å². The lowest BCUT2D eigenvalue weighted by Crippen LogP contribution is -2.36. The number of hydrogen-bond acceptors (Lipinski definition) is 4. The van der Waals surface area contributed by atoms with Crippen LogP contribution in [0.1, 0.15) is 18.0 Å². The largest absolute Gasteiger partial charge is 0.497 e. The maximum absolute atomic E-state index is 13.3. The summed E-state index contributed by atoms with van der Waals surface area (Å²) < 4.78 is 19.9. The predicted molar refractivity (Wildman–Crippen MR) is 111 cm³/mol. The lowest BCUT2D eigenvalue weighted by molar-refractivity contribution is -0.125. The first kappa shape index (κ1) is 19.9. The van der Waals surface area contributed by atoms with Crippen molar-refractivity contribution in [1.29, 1.82) is 0 Å². The fourth-order valence-electron chi connectivity index (χ4n) is 3.37. The summed E-state index contributed by atoms with van der Waals surface area (Å²) in [6, 6.07) is 9.89. The molecule has 1 aromatic heterocycles. The number of anilines is 2. The van der Waals surface area contributed by atoms with E-state index in [2.05, 4.69) is 15.7 Å². The van der Waals surface area contributed by atoms with E-state index in [-0.39, 0.29) is 18.1 Å². The summed E-state index contributed by atoms with van der Waals surface area (Å²) in [7, 11) is 1.51. The van der Waals surface area contributed by atoms with Crippen molar-refractivity contribution in [3.05, 3.63) is 58.9 Å². The molecule has 1 atom stereocenters. The molecule has 0 aliphatic carbocycles. The van der Waals surface area contributed by atoms with Crippen LogP contribution in [-0.4, -0.2) is 28.7 Å². The maximum atomic E-state index is 13.3. The monoisotopic (exact) mass is 428 g/mol. The first-order valence-electron chi connectivity index (χ1n) is 9.16. The molecule has 30 heavy (non-hydrogen) atoms. The summed E-state index contributed by atoms with van der Waals surface area (Å²) in [6.45, 7) is 1.79. The third-order valence-electron chi connectivity index (χ3n) is 4.93. The number of methoxy groups -OCH3 is 1. The highest BCUT2D eigenvalue weighted by atomic mass is 35.5. The molecule has 7 nitrogen and oxygen atoms in total. The van der Waals surface area contributed by atoms with Crippen LogP contribution in [0.2, 0.25) is 5.02 Å². The molecule has 0 bridgehead atoms. The average Bonchev–Trinajstić information content (AvgIpc) is 3.06. The van der Waals surface area contributed by atoms with Gasteiger partial charge in [-0.25, -0.2) is 9.07 Å². The quantitative estimate of drug-likeness (QED) is 0.652. The zero-order valence-corrected chi connectivity index (χ0v) is 17.0. The number of rotatable bonds is 4. The zero-order chi connectivity index (χ0) is 21.4. The number of nitrogens with zero attached hydrogens (tertiary/aromatic N) is 2. The van der Waals surface area contributed by atoms with Crippen molar-refractivity contribution >= 4 is 34.9 Å². The molecule has 2 amide bonds. The lowest BCUT2D eigenvalue weighted by atomic mass is 10.1. The first-order valence-corrected chi connectivity index (χ1v) is 9.54. The van der Waals surface area contributed by atoms with Gasteiger partial charge in [-0.3, -0.25) is 9.59 Å². The topological polar surface area (TPSA) is 85.2 Å². The second-order valence-corrected chi connectivity index (χ2v) is 7.28. The molecule has 1 aliphatic heterocycles. The second-order valence-electron chi connectivity index (χ2n) is 6.88. The number of benzene rings is 2. The summed E-state index contributed by atoms with van der Waals surface area (Å²) in [5, 5.41) is 10.4. The zero-order valence-electron chi connectivity index (χ0n) is 16.2. The van der Waals surface area contributed by atoms with E-state index >= 15 is 0 Å². The third kappa shape index (κ3) is 3.61. The molecule has 0 saturated carbocycles. The number of ether oxygens (including phenoxy) is 1. The Morgan fingerprint density at radius 3 is 2.73 bits per heavy atom. The van der Waals surface area contributed by atoms with Gasteiger partial charge in [0.15, 0.2) is 0 Å². The van der Waals surface area contributed by atoms with Gasteiger partial charge < -0.3 is 15.4 Å². The van der Waals surface area contributed by atoms with Crippen LogP contribution < -0.4 is 15.4 Å². The van der Waals surface area contributed by atoms with Crippen LogP contribution in [0.4, 0.5) is 15.9 Å². The van der Waals surface area contributed by atoms with E-state index in [9.17, 15) is 14.0 Å². The normalized spacial score (nSPS) is 15.3. The number of carbonyl (C=O) groups is 2. The van der Waals surface area contributed by atoms with Crippen LogP contribution in [-0.2, 0) is 9.59 Å². The Kier molecular flexibility index (Phi) is 5.17. The molecule has 0 radical (unpaired) electrons. The Bertz CT molecular complexity index is 1140. The molecule has 3 aromatic rings. The van der Waals surface area contributed by atoms with Gasteiger partial charge in [0.2, 0.25) is 11.8 Å². The molecule has 1 unspecified atom stereocenters. The van der Waals surface area contributed by atoms with Gasteiger partial charge in [0.05, 0.1) is 29.9 Å². The van der Waals surface area contributed by atoms with Gasteiger partial charge in [-0.1, -0.05) is 11.6 Å². The number of fused-ring (bicyclic) bond motifs is 1. The molecular weight excluding hydrogens is 411 g/mol. The highest BCUT2D eigenvalue weighted by molar-refractivity contribution is 6.33. The maximum Gasteiger partial charge on any atom is 0.249 e. The Morgan fingerprint density at radius 1 is 1.30 bits per heavy atom. The highest BCUT2D eigenvalue weighted by Gasteiger charge is 2.34. The van der Waals surface area contributed by atoms with E-state index in [0.717, 1.165) is 0 Å². The molecule has 2 aromatic carbocycles. The summed E-state index contributed by atoms with van der Waals surface area (Å²) in [5.74, 6) is -0.128. The summed E-state index contributed by atoms with van der Waals surface area (Å²) >= 11 is 6.18. The Hall–Kier alpha value is -3.39. The van der Waals surface area contributed by atoms with Crippen molar-refractivity contribution in [1.82, 2.24) is 9.78 Å². The standard InChI is InChI=1S/C21H18ClFN4O3/c1-11-19(12-3-5-13(23)6-4-12)26-27-17(10-18(28)25-20(11)27)21(29)24-16-9-14(30-2)7-8-15(16)22/h3-9,17H,10H2,1-2H3,(H,24,29)(H,25,28). The van der Waals surface area contributed by atoms with Crippen LogP contribution in [0.15, 0.2) is 42.5 Å². The van der Waals surface area contributed by atoms with Crippen LogP contribution in [0.3, 0.4) is 0 Å². The first-order chi connectivity index (χ1) is 14.4. The van der Waals surface area contributed by atoms with Crippen LogP contribution >= 0.6 is 11.6 Å². The smallest absolute Gasteiger partial charge is 0.249 e. The molecule has 1 aliphatic rings. The van der Waals surface area contributed by atoms with Crippen molar-refractivity contribution in [2.45, 2.75) is 19.4 Å². The van der Waals surface area contributed by atoms with Crippen LogP contribution in [0.25, 0.3) is 11.3 Å².